The molecule has 0 aliphatic carbocycles. The highest BCUT2D eigenvalue weighted by Crippen LogP contribution is 2.20. The van der Waals surface area contributed by atoms with Crippen molar-refractivity contribution in [2.24, 2.45) is 0 Å². The zero-order valence-electron chi connectivity index (χ0n) is 19.6. The molecule has 2 aromatic rings. The van der Waals surface area contributed by atoms with Crippen molar-refractivity contribution in [3.05, 3.63) is 65.2 Å². The van der Waals surface area contributed by atoms with E-state index in [9.17, 15) is 18.0 Å². The number of anilines is 1. The number of carbonyl (C=O) groups is 2. The lowest BCUT2D eigenvalue weighted by atomic mass is 10.1. The number of hydrogen-bond donors (Lipinski definition) is 1. The summed E-state index contributed by atoms with van der Waals surface area (Å²) in [4.78, 5) is 27.5. The van der Waals surface area contributed by atoms with E-state index in [0.717, 1.165) is 27.3 Å². The molecule has 0 fully saturated rings. The summed E-state index contributed by atoms with van der Waals surface area (Å²) in [6.45, 7) is 9.01. The molecule has 8 heteroatoms. The van der Waals surface area contributed by atoms with Crippen molar-refractivity contribution in [1.29, 1.82) is 0 Å². The van der Waals surface area contributed by atoms with Gasteiger partial charge in [0.2, 0.25) is 21.8 Å². The van der Waals surface area contributed by atoms with E-state index in [0.29, 0.717) is 5.69 Å². The van der Waals surface area contributed by atoms with Gasteiger partial charge in [-0.2, -0.15) is 0 Å². The van der Waals surface area contributed by atoms with E-state index in [1.54, 1.807) is 31.2 Å². The molecule has 1 unspecified atom stereocenters. The normalized spacial score (nSPS) is 12.3. The summed E-state index contributed by atoms with van der Waals surface area (Å²) in [5, 5.41) is 2.83. The Bertz CT molecular complexity index is 1030. The Morgan fingerprint density at radius 3 is 1.88 bits per heavy atom. The molecule has 2 aromatic carbocycles. The van der Waals surface area contributed by atoms with Crippen LogP contribution in [0.3, 0.4) is 0 Å². The van der Waals surface area contributed by atoms with Crippen molar-refractivity contribution in [3.63, 3.8) is 0 Å². The lowest BCUT2D eigenvalue weighted by Crippen LogP contribution is -2.52. The van der Waals surface area contributed by atoms with Gasteiger partial charge in [0, 0.05) is 12.6 Å². The second-order valence-electron chi connectivity index (χ2n) is 8.45. The molecule has 2 amide bonds. The summed E-state index contributed by atoms with van der Waals surface area (Å²) < 4.78 is 26.1. The monoisotopic (exact) mass is 459 g/mol. The average molecular weight is 460 g/mol. The molecule has 0 saturated carbocycles. The van der Waals surface area contributed by atoms with Gasteiger partial charge < -0.3 is 10.2 Å². The van der Waals surface area contributed by atoms with Crippen molar-refractivity contribution < 1.29 is 18.0 Å². The van der Waals surface area contributed by atoms with E-state index in [1.165, 1.54) is 4.90 Å². The standard InChI is InChI=1S/C24H33N3O4S/c1-17(2)25-24(29)20(5)26(15-21-11-7-18(3)8-12-21)23(28)16-27(32(6,30)31)22-13-9-19(4)10-14-22/h7-14,17,20H,15-16H2,1-6H3,(H,25,29). The number of rotatable bonds is 9. The Kier molecular flexibility index (Phi) is 8.44. The van der Waals surface area contributed by atoms with E-state index in [1.807, 2.05) is 52.0 Å². The van der Waals surface area contributed by atoms with Gasteiger partial charge in [0.15, 0.2) is 0 Å². The number of carbonyl (C=O) groups excluding carboxylic acids is 2. The number of sulfonamides is 1. The van der Waals surface area contributed by atoms with Gasteiger partial charge in [-0.3, -0.25) is 13.9 Å². The summed E-state index contributed by atoms with van der Waals surface area (Å²) >= 11 is 0. The minimum atomic E-state index is -3.72. The quantitative estimate of drug-likeness (QED) is 0.625. The van der Waals surface area contributed by atoms with Crippen LogP contribution in [0.15, 0.2) is 48.5 Å². The topological polar surface area (TPSA) is 86.8 Å². The van der Waals surface area contributed by atoms with Crippen molar-refractivity contribution in [2.75, 3.05) is 17.1 Å². The van der Waals surface area contributed by atoms with E-state index < -0.39 is 28.5 Å². The van der Waals surface area contributed by atoms with Gasteiger partial charge in [-0.05, 0) is 52.3 Å². The molecule has 0 aliphatic rings. The summed E-state index contributed by atoms with van der Waals surface area (Å²) in [6.07, 6.45) is 1.07. The molecule has 1 N–H and O–H groups in total. The van der Waals surface area contributed by atoms with Crippen LogP contribution in [-0.2, 0) is 26.2 Å². The van der Waals surface area contributed by atoms with Crippen molar-refractivity contribution in [1.82, 2.24) is 10.2 Å². The molecule has 2 rings (SSSR count). The number of aryl methyl sites for hydroxylation is 2. The molecule has 0 aromatic heterocycles. The minimum Gasteiger partial charge on any atom is -0.352 e. The van der Waals surface area contributed by atoms with Crippen LogP contribution in [-0.4, -0.2) is 50.0 Å². The van der Waals surface area contributed by atoms with Gasteiger partial charge in [0.25, 0.3) is 0 Å². The average Bonchev–Trinajstić information content (AvgIpc) is 2.70. The molecule has 32 heavy (non-hydrogen) atoms. The molecule has 0 spiro atoms. The van der Waals surface area contributed by atoms with Crippen LogP contribution in [0.25, 0.3) is 0 Å². The van der Waals surface area contributed by atoms with Gasteiger partial charge in [0.05, 0.1) is 11.9 Å². The van der Waals surface area contributed by atoms with E-state index >= 15 is 0 Å². The van der Waals surface area contributed by atoms with Gasteiger partial charge in [-0.1, -0.05) is 47.5 Å². The highest BCUT2D eigenvalue weighted by molar-refractivity contribution is 7.92. The Morgan fingerprint density at radius 1 is 0.906 bits per heavy atom. The van der Waals surface area contributed by atoms with Crippen LogP contribution in [0.5, 0.6) is 0 Å². The second-order valence-corrected chi connectivity index (χ2v) is 10.4. The molecule has 0 saturated heterocycles. The molecule has 1 atom stereocenters. The first kappa shape index (κ1) is 25.4. The third kappa shape index (κ3) is 7.09. The highest BCUT2D eigenvalue weighted by Gasteiger charge is 2.30. The number of nitrogens with one attached hydrogen (secondary N) is 1. The first-order valence-corrected chi connectivity index (χ1v) is 12.4. The molecule has 0 radical (unpaired) electrons. The van der Waals surface area contributed by atoms with Crippen molar-refractivity contribution >= 4 is 27.5 Å². The van der Waals surface area contributed by atoms with Crippen molar-refractivity contribution in [2.45, 2.75) is 53.2 Å². The van der Waals surface area contributed by atoms with E-state index in [2.05, 4.69) is 5.32 Å². The Hall–Kier alpha value is -2.87. The fourth-order valence-corrected chi connectivity index (χ4v) is 4.05. The molecule has 0 heterocycles. The maximum absolute atomic E-state index is 13.4. The van der Waals surface area contributed by atoms with Crippen molar-refractivity contribution in [3.8, 4) is 0 Å². The first-order chi connectivity index (χ1) is 14.9. The molecular formula is C24H33N3O4S. The molecule has 0 bridgehead atoms. The third-order valence-electron chi connectivity index (χ3n) is 5.07. The summed E-state index contributed by atoms with van der Waals surface area (Å²) in [5.41, 5.74) is 3.32. The lowest BCUT2D eigenvalue weighted by molar-refractivity contribution is -0.139. The maximum Gasteiger partial charge on any atom is 0.244 e. The Balaban J connectivity index is 2.36. The third-order valence-corrected chi connectivity index (χ3v) is 6.21. The van der Waals surface area contributed by atoms with Crippen LogP contribution in [0.4, 0.5) is 5.69 Å². The highest BCUT2D eigenvalue weighted by atomic mass is 32.2. The van der Waals surface area contributed by atoms with Crippen LogP contribution in [0.1, 0.15) is 37.5 Å². The lowest BCUT2D eigenvalue weighted by Gasteiger charge is -2.32. The van der Waals surface area contributed by atoms with Gasteiger partial charge in [-0.25, -0.2) is 8.42 Å². The number of benzene rings is 2. The number of nitrogens with zero attached hydrogens (tertiary/aromatic N) is 2. The largest absolute Gasteiger partial charge is 0.352 e. The van der Waals surface area contributed by atoms with E-state index in [4.69, 9.17) is 0 Å². The van der Waals surface area contributed by atoms with Crippen LogP contribution in [0.2, 0.25) is 0 Å². The number of amides is 2. The van der Waals surface area contributed by atoms with Crippen LogP contribution < -0.4 is 9.62 Å². The second kappa shape index (κ2) is 10.6. The Labute approximate surface area is 191 Å². The predicted molar refractivity (Wildman–Crippen MR) is 128 cm³/mol. The fourth-order valence-electron chi connectivity index (χ4n) is 3.20. The minimum absolute atomic E-state index is 0.0821. The van der Waals surface area contributed by atoms with Gasteiger partial charge in [0.1, 0.15) is 12.6 Å². The fraction of sp³-hybridized carbons (Fsp3) is 0.417. The number of hydrogen-bond acceptors (Lipinski definition) is 4. The van der Waals surface area contributed by atoms with Crippen LogP contribution in [0, 0.1) is 13.8 Å². The molecule has 7 nitrogen and oxygen atoms in total. The van der Waals surface area contributed by atoms with Gasteiger partial charge >= 0.3 is 0 Å². The predicted octanol–water partition coefficient (Wildman–Crippen LogP) is 3.01. The molecule has 0 aliphatic heterocycles. The smallest absolute Gasteiger partial charge is 0.244 e. The SMILES string of the molecule is Cc1ccc(CN(C(=O)CN(c2ccc(C)cc2)S(C)(=O)=O)C(C)C(=O)NC(C)C)cc1. The van der Waals surface area contributed by atoms with E-state index in [-0.39, 0.29) is 18.5 Å². The Morgan fingerprint density at radius 2 is 1.41 bits per heavy atom. The molecule has 174 valence electrons. The van der Waals surface area contributed by atoms with Crippen LogP contribution >= 0.6 is 0 Å². The zero-order valence-corrected chi connectivity index (χ0v) is 20.4. The summed E-state index contributed by atoms with van der Waals surface area (Å²) in [5.74, 6) is -0.746. The first-order valence-electron chi connectivity index (χ1n) is 10.6. The maximum atomic E-state index is 13.4. The summed E-state index contributed by atoms with van der Waals surface area (Å²) in [6, 6.07) is 13.7. The summed E-state index contributed by atoms with van der Waals surface area (Å²) in [7, 11) is -3.72. The zero-order chi connectivity index (χ0) is 24.1. The van der Waals surface area contributed by atoms with Gasteiger partial charge in [-0.15, -0.1) is 0 Å². The molecular weight excluding hydrogens is 426 g/mol.